The van der Waals surface area contributed by atoms with Crippen molar-refractivity contribution in [2.45, 2.75) is 30.2 Å². The molecule has 2 aliphatic rings. The number of aryl methyl sites for hydroxylation is 1. The number of nitrogens with one attached hydrogen (secondary N) is 2. The van der Waals surface area contributed by atoms with Crippen LogP contribution < -0.4 is 10.6 Å². The molecule has 0 radical (unpaired) electrons. The van der Waals surface area contributed by atoms with Gasteiger partial charge >= 0.3 is 6.03 Å². The first-order chi connectivity index (χ1) is 10.3. The van der Waals surface area contributed by atoms with Crippen molar-refractivity contribution in [1.29, 1.82) is 0 Å². The SMILES string of the molecule is Cc1cccc(S(=O)(=O)N2CCC3(CC2)NC(=O)NC3=O)c1. The minimum absolute atomic E-state index is 0.198. The van der Waals surface area contributed by atoms with Crippen molar-refractivity contribution in [1.82, 2.24) is 14.9 Å². The van der Waals surface area contributed by atoms with Crippen molar-refractivity contribution in [3.8, 4) is 0 Å². The molecule has 0 aliphatic carbocycles. The molecule has 0 unspecified atom stereocenters. The lowest BCUT2D eigenvalue weighted by Crippen LogP contribution is -2.55. The third kappa shape index (κ3) is 2.38. The van der Waals surface area contributed by atoms with E-state index in [9.17, 15) is 18.0 Å². The molecule has 2 heterocycles. The molecular formula is C14H17N3O4S. The van der Waals surface area contributed by atoms with Crippen molar-refractivity contribution in [2.75, 3.05) is 13.1 Å². The fourth-order valence-corrected chi connectivity index (χ4v) is 4.46. The van der Waals surface area contributed by atoms with E-state index in [0.29, 0.717) is 0 Å². The summed E-state index contributed by atoms with van der Waals surface area (Å²) in [7, 11) is -3.57. The molecule has 0 aromatic heterocycles. The molecule has 1 spiro atoms. The first kappa shape index (κ1) is 15.0. The number of imide groups is 1. The highest BCUT2D eigenvalue weighted by molar-refractivity contribution is 7.89. The molecule has 118 valence electrons. The lowest BCUT2D eigenvalue weighted by molar-refractivity contribution is -0.125. The van der Waals surface area contributed by atoms with Gasteiger partial charge in [0.05, 0.1) is 4.90 Å². The maximum Gasteiger partial charge on any atom is 0.322 e. The van der Waals surface area contributed by atoms with Crippen LogP contribution in [0.4, 0.5) is 4.79 Å². The normalized spacial score (nSPS) is 21.7. The number of nitrogens with zero attached hydrogens (tertiary/aromatic N) is 1. The maximum absolute atomic E-state index is 12.6. The molecule has 0 saturated carbocycles. The molecule has 3 amide bonds. The van der Waals surface area contributed by atoms with E-state index >= 15 is 0 Å². The third-order valence-corrected chi connectivity index (χ3v) is 6.11. The molecule has 22 heavy (non-hydrogen) atoms. The average molecular weight is 323 g/mol. The summed E-state index contributed by atoms with van der Waals surface area (Å²) in [6, 6.07) is 6.22. The quantitative estimate of drug-likeness (QED) is 0.768. The summed E-state index contributed by atoms with van der Waals surface area (Å²) in [5, 5.41) is 4.83. The van der Waals surface area contributed by atoms with Crippen LogP contribution in [0.3, 0.4) is 0 Å². The van der Waals surface area contributed by atoms with Gasteiger partial charge in [0, 0.05) is 13.1 Å². The molecule has 7 nitrogen and oxygen atoms in total. The van der Waals surface area contributed by atoms with E-state index in [1.54, 1.807) is 18.2 Å². The number of benzene rings is 1. The zero-order chi connectivity index (χ0) is 16.0. The standard InChI is InChI=1S/C14H17N3O4S/c1-10-3-2-4-11(9-10)22(20,21)17-7-5-14(6-8-17)12(18)15-13(19)16-14/h2-4,9H,5-8H2,1H3,(H2,15,16,18,19). The molecule has 0 atom stereocenters. The number of hydrogen-bond acceptors (Lipinski definition) is 4. The van der Waals surface area contributed by atoms with Crippen LogP contribution >= 0.6 is 0 Å². The van der Waals surface area contributed by atoms with Crippen LogP contribution in [0.1, 0.15) is 18.4 Å². The number of urea groups is 1. The Morgan fingerprint density at radius 2 is 1.86 bits per heavy atom. The number of rotatable bonds is 2. The predicted molar refractivity (Wildman–Crippen MR) is 78.6 cm³/mol. The predicted octanol–water partition coefficient (Wildman–Crippen LogP) is 0.358. The fourth-order valence-electron chi connectivity index (χ4n) is 2.91. The van der Waals surface area contributed by atoms with Crippen LogP contribution in [0.15, 0.2) is 29.2 Å². The van der Waals surface area contributed by atoms with Crippen LogP contribution in [0.25, 0.3) is 0 Å². The molecule has 2 N–H and O–H groups in total. The van der Waals surface area contributed by atoms with Gasteiger partial charge in [-0.2, -0.15) is 4.31 Å². The van der Waals surface area contributed by atoms with E-state index in [-0.39, 0.29) is 36.7 Å². The number of amides is 3. The highest BCUT2D eigenvalue weighted by Gasteiger charge is 2.49. The molecule has 1 aromatic carbocycles. The lowest BCUT2D eigenvalue weighted by Gasteiger charge is -2.36. The Morgan fingerprint density at radius 3 is 2.41 bits per heavy atom. The number of piperidine rings is 1. The molecule has 3 rings (SSSR count). The van der Waals surface area contributed by atoms with E-state index in [4.69, 9.17) is 0 Å². The van der Waals surface area contributed by atoms with Crippen molar-refractivity contribution in [2.24, 2.45) is 0 Å². The van der Waals surface area contributed by atoms with Gasteiger partial charge in [-0.15, -0.1) is 0 Å². The Bertz CT molecular complexity index is 736. The Balaban J connectivity index is 1.79. The minimum atomic E-state index is -3.57. The number of carbonyl (C=O) groups excluding carboxylic acids is 2. The monoisotopic (exact) mass is 323 g/mol. The third-order valence-electron chi connectivity index (χ3n) is 4.22. The Hall–Kier alpha value is -1.93. The van der Waals surface area contributed by atoms with Gasteiger partial charge in [-0.05, 0) is 37.5 Å². The summed E-state index contributed by atoms with van der Waals surface area (Å²) in [6.45, 7) is 2.23. The number of carbonyl (C=O) groups is 2. The van der Waals surface area contributed by atoms with Crippen molar-refractivity contribution >= 4 is 22.0 Å². The molecule has 2 aliphatic heterocycles. The average Bonchev–Trinajstić information content (AvgIpc) is 2.73. The highest BCUT2D eigenvalue weighted by Crippen LogP contribution is 2.29. The maximum atomic E-state index is 12.6. The van der Waals surface area contributed by atoms with E-state index < -0.39 is 21.6 Å². The van der Waals surface area contributed by atoms with Crippen LogP contribution in [-0.2, 0) is 14.8 Å². The molecule has 1 aromatic rings. The summed E-state index contributed by atoms with van der Waals surface area (Å²) in [5.74, 6) is -0.370. The van der Waals surface area contributed by atoms with Crippen molar-refractivity contribution < 1.29 is 18.0 Å². The van der Waals surface area contributed by atoms with Gasteiger partial charge in [0.1, 0.15) is 5.54 Å². The van der Waals surface area contributed by atoms with E-state index in [1.807, 2.05) is 13.0 Å². The fraction of sp³-hybridized carbons (Fsp3) is 0.429. The van der Waals surface area contributed by atoms with Crippen LogP contribution in [0.5, 0.6) is 0 Å². The van der Waals surface area contributed by atoms with Gasteiger partial charge in [-0.1, -0.05) is 12.1 Å². The van der Waals surface area contributed by atoms with Crippen LogP contribution in [0, 0.1) is 6.92 Å². The van der Waals surface area contributed by atoms with E-state index in [2.05, 4.69) is 10.6 Å². The van der Waals surface area contributed by atoms with E-state index in [1.165, 1.54) is 4.31 Å². The molecule has 2 fully saturated rings. The second-order valence-corrected chi connectivity index (χ2v) is 7.65. The van der Waals surface area contributed by atoms with Gasteiger partial charge in [0.2, 0.25) is 10.0 Å². The largest absolute Gasteiger partial charge is 0.323 e. The smallest absolute Gasteiger partial charge is 0.322 e. The van der Waals surface area contributed by atoms with Gasteiger partial charge < -0.3 is 5.32 Å². The van der Waals surface area contributed by atoms with E-state index in [0.717, 1.165) is 5.56 Å². The van der Waals surface area contributed by atoms with Crippen molar-refractivity contribution in [3.63, 3.8) is 0 Å². The first-order valence-electron chi connectivity index (χ1n) is 7.04. The molecular weight excluding hydrogens is 306 g/mol. The second-order valence-electron chi connectivity index (χ2n) is 5.71. The zero-order valence-corrected chi connectivity index (χ0v) is 12.9. The highest BCUT2D eigenvalue weighted by atomic mass is 32.2. The van der Waals surface area contributed by atoms with Gasteiger partial charge in [-0.3, -0.25) is 10.1 Å². The Labute approximate surface area is 128 Å². The lowest BCUT2D eigenvalue weighted by atomic mass is 9.89. The summed E-state index contributed by atoms with van der Waals surface area (Å²) in [6.07, 6.45) is 0.547. The summed E-state index contributed by atoms with van der Waals surface area (Å²) in [4.78, 5) is 23.4. The van der Waals surface area contributed by atoms with Crippen LogP contribution in [0.2, 0.25) is 0 Å². The molecule has 2 saturated heterocycles. The summed E-state index contributed by atoms with van der Waals surface area (Å²) in [5.41, 5.74) is -0.0904. The van der Waals surface area contributed by atoms with Gasteiger partial charge in [0.15, 0.2) is 0 Å². The Morgan fingerprint density at radius 1 is 1.18 bits per heavy atom. The number of sulfonamides is 1. The summed E-state index contributed by atoms with van der Waals surface area (Å²) >= 11 is 0. The van der Waals surface area contributed by atoms with Gasteiger partial charge in [0.25, 0.3) is 5.91 Å². The first-order valence-corrected chi connectivity index (χ1v) is 8.48. The second kappa shape index (κ2) is 5.06. The summed E-state index contributed by atoms with van der Waals surface area (Å²) < 4.78 is 26.6. The van der Waals surface area contributed by atoms with Gasteiger partial charge in [-0.25, -0.2) is 13.2 Å². The Kier molecular flexibility index (Phi) is 3.45. The minimum Gasteiger partial charge on any atom is -0.323 e. The van der Waals surface area contributed by atoms with Crippen molar-refractivity contribution in [3.05, 3.63) is 29.8 Å². The topological polar surface area (TPSA) is 95.6 Å². The molecule has 0 bridgehead atoms. The van der Waals surface area contributed by atoms with Crippen LogP contribution in [-0.4, -0.2) is 43.3 Å². The zero-order valence-electron chi connectivity index (χ0n) is 12.1. The molecule has 8 heteroatoms. The number of hydrogen-bond donors (Lipinski definition) is 2.